The zero-order valence-electron chi connectivity index (χ0n) is 10.0. The highest BCUT2D eigenvalue weighted by Crippen LogP contribution is 1.66. The minimum absolute atomic E-state index is 0. The highest BCUT2D eigenvalue weighted by Gasteiger charge is 1.45. The largest absolute Gasteiger partial charge is 0.412 e. The van der Waals surface area contributed by atoms with E-state index in [1.165, 1.54) is 0 Å². The van der Waals surface area contributed by atoms with Crippen LogP contribution >= 0.6 is 0 Å². The maximum Gasteiger partial charge on any atom is 0 e. The first kappa shape index (κ1) is 29.2. The summed E-state index contributed by atoms with van der Waals surface area (Å²) in [4.78, 5) is 14.0. The van der Waals surface area contributed by atoms with E-state index in [0.717, 1.165) is 6.42 Å². The smallest absolute Gasteiger partial charge is 0 e. The summed E-state index contributed by atoms with van der Waals surface area (Å²) >= 11 is 0. The Balaban J connectivity index is -0.0000000298. The molecular formula is C12H24O3. The van der Waals surface area contributed by atoms with Gasteiger partial charge in [0.05, 0.1) is 0 Å². The Kier molecular flexibility index (Phi) is 158. The highest BCUT2D eigenvalue weighted by molar-refractivity contribution is 4.88. The van der Waals surface area contributed by atoms with Crippen molar-refractivity contribution in [3.05, 3.63) is 60.0 Å². The Labute approximate surface area is 93.4 Å². The fourth-order valence-electron chi connectivity index (χ4n) is 0. The van der Waals surface area contributed by atoms with Crippen LogP contribution in [0.4, 0.5) is 0 Å². The summed E-state index contributed by atoms with van der Waals surface area (Å²) in [6.45, 7) is 16.3. The first-order valence-electron chi connectivity index (χ1n) is 4.33. The molecule has 0 heterocycles. The van der Waals surface area contributed by atoms with Crippen LogP contribution in [0.1, 0.15) is 27.2 Å². The average molecular weight is 216 g/mol. The number of allylic oxidation sites excluding steroid dienone is 5. The summed E-state index contributed by atoms with van der Waals surface area (Å²) in [7, 11) is 0. The molecule has 0 saturated carbocycles. The SMILES string of the molecule is C=CC=C.C=CCC.CC=CC.O.O=O. The van der Waals surface area contributed by atoms with Gasteiger partial charge < -0.3 is 5.48 Å². The molecular weight excluding hydrogens is 192 g/mol. The molecule has 0 aliphatic carbocycles. The second kappa shape index (κ2) is 81.3. The fourth-order valence-corrected chi connectivity index (χ4v) is 0. The highest BCUT2D eigenvalue weighted by atomic mass is 16.7. The van der Waals surface area contributed by atoms with E-state index >= 15 is 0 Å². The van der Waals surface area contributed by atoms with Crippen LogP contribution in [0, 0.1) is 9.93 Å². The molecule has 15 heavy (non-hydrogen) atoms. The second-order valence-corrected chi connectivity index (χ2v) is 1.83. The predicted molar refractivity (Wildman–Crippen MR) is 71.7 cm³/mol. The monoisotopic (exact) mass is 216 g/mol. The average Bonchev–Trinajstić information content (AvgIpc) is 2.31. The van der Waals surface area contributed by atoms with Crippen molar-refractivity contribution < 1.29 is 5.48 Å². The van der Waals surface area contributed by atoms with Crippen molar-refractivity contribution in [2.24, 2.45) is 0 Å². The van der Waals surface area contributed by atoms with Crippen LogP contribution in [-0.2, 0) is 0 Å². The lowest BCUT2D eigenvalue weighted by atomic mass is 10.5. The molecule has 0 aliphatic rings. The summed E-state index contributed by atoms with van der Waals surface area (Å²) < 4.78 is 0. The third kappa shape index (κ3) is 600. The normalized spacial score (nSPS) is 5.80. The standard InChI is InChI=1S/2C4H8.C4H6.O2.H2O/c3*1-3-4-2;1-2;/h3-4H,1-2H3;3H,1,4H2,2H3;3-4H,1-2H2;;1H2. The Bertz CT molecular complexity index is 119. The molecule has 90 valence electrons. The third-order valence-electron chi connectivity index (χ3n) is 0.789. The first-order chi connectivity index (χ1) is 6.74. The minimum atomic E-state index is 0. The van der Waals surface area contributed by atoms with Gasteiger partial charge >= 0.3 is 0 Å². The van der Waals surface area contributed by atoms with E-state index in [2.05, 4.69) is 26.7 Å². The molecule has 0 bridgehead atoms. The molecule has 0 amide bonds. The van der Waals surface area contributed by atoms with Crippen molar-refractivity contribution in [3.8, 4) is 0 Å². The van der Waals surface area contributed by atoms with Crippen LogP contribution in [0.5, 0.6) is 0 Å². The van der Waals surface area contributed by atoms with Crippen LogP contribution in [-0.4, -0.2) is 5.48 Å². The van der Waals surface area contributed by atoms with E-state index in [1.807, 2.05) is 32.1 Å². The van der Waals surface area contributed by atoms with Crippen LogP contribution in [0.3, 0.4) is 0 Å². The molecule has 3 nitrogen and oxygen atoms in total. The van der Waals surface area contributed by atoms with Crippen LogP contribution in [0.2, 0.25) is 0 Å². The predicted octanol–water partition coefficient (Wildman–Crippen LogP) is 3.77. The zero-order valence-corrected chi connectivity index (χ0v) is 10.0. The summed E-state index contributed by atoms with van der Waals surface area (Å²) in [6.07, 6.45) is 10.2. The van der Waals surface area contributed by atoms with Crippen LogP contribution < -0.4 is 0 Å². The fraction of sp³-hybridized carbons (Fsp3) is 0.333. The van der Waals surface area contributed by atoms with Crippen LogP contribution in [0.15, 0.2) is 50.1 Å². The lowest BCUT2D eigenvalue weighted by molar-refractivity contribution is 0.824. The van der Waals surface area contributed by atoms with E-state index in [1.54, 1.807) is 12.2 Å². The molecule has 0 unspecified atom stereocenters. The lowest BCUT2D eigenvalue weighted by Crippen LogP contribution is -1.36. The zero-order chi connectivity index (χ0) is 12.2. The molecule has 0 aromatic rings. The van der Waals surface area contributed by atoms with Gasteiger partial charge in [-0.2, -0.15) is 0 Å². The van der Waals surface area contributed by atoms with Gasteiger partial charge in [0, 0.05) is 9.93 Å². The van der Waals surface area contributed by atoms with E-state index < -0.39 is 0 Å². The Morgan fingerprint density at radius 2 is 1.13 bits per heavy atom. The second-order valence-electron chi connectivity index (χ2n) is 1.83. The Hall–Kier alpha value is -1.48. The maximum atomic E-state index is 7.00. The lowest BCUT2D eigenvalue weighted by Gasteiger charge is -1.57. The van der Waals surface area contributed by atoms with Gasteiger partial charge in [0.1, 0.15) is 0 Å². The van der Waals surface area contributed by atoms with Crippen molar-refractivity contribution in [1.29, 1.82) is 0 Å². The molecule has 0 radical (unpaired) electrons. The van der Waals surface area contributed by atoms with E-state index in [9.17, 15) is 0 Å². The molecule has 3 heteroatoms. The van der Waals surface area contributed by atoms with Crippen molar-refractivity contribution in [2.45, 2.75) is 27.2 Å². The minimum Gasteiger partial charge on any atom is -0.412 e. The van der Waals surface area contributed by atoms with Crippen molar-refractivity contribution in [2.75, 3.05) is 0 Å². The maximum absolute atomic E-state index is 7.00. The third-order valence-corrected chi connectivity index (χ3v) is 0.789. The molecule has 0 aliphatic heterocycles. The molecule has 0 fully saturated rings. The molecule has 0 atom stereocenters. The first-order valence-corrected chi connectivity index (χ1v) is 4.33. The van der Waals surface area contributed by atoms with Gasteiger partial charge in [-0.3, -0.25) is 0 Å². The Morgan fingerprint density at radius 3 is 1.13 bits per heavy atom. The summed E-state index contributed by atoms with van der Waals surface area (Å²) in [6, 6.07) is 0. The van der Waals surface area contributed by atoms with Crippen LogP contribution in [0.25, 0.3) is 0 Å². The topological polar surface area (TPSA) is 65.6 Å². The molecule has 0 spiro atoms. The van der Waals surface area contributed by atoms with Gasteiger partial charge in [-0.1, -0.05) is 50.5 Å². The molecule has 0 rings (SSSR count). The van der Waals surface area contributed by atoms with Gasteiger partial charge in [0.15, 0.2) is 0 Å². The summed E-state index contributed by atoms with van der Waals surface area (Å²) in [5.74, 6) is 0. The van der Waals surface area contributed by atoms with Gasteiger partial charge in [-0.05, 0) is 20.3 Å². The Morgan fingerprint density at radius 1 is 0.933 bits per heavy atom. The van der Waals surface area contributed by atoms with Gasteiger partial charge in [-0.15, -0.1) is 6.58 Å². The van der Waals surface area contributed by atoms with Gasteiger partial charge in [-0.25, -0.2) is 0 Å². The number of hydrogen-bond acceptors (Lipinski definition) is 2. The van der Waals surface area contributed by atoms with Gasteiger partial charge in [0.25, 0.3) is 0 Å². The number of hydrogen-bond donors (Lipinski definition) is 0. The van der Waals surface area contributed by atoms with E-state index in [4.69, 9.17) is 9.93 Å². The van der Waals surface area contributed by atoms with Gasteiger partial charge in [0.2, 0.25) is 0 Å². The molecule has 0 saturated heterocycles. The van der Waals surface area contributed by atoms with Crippen molar-refractivity contribution in [3.63, 3.8) is 0 Å². The molecule has 0 aromatic heterocycles. The van der Waals surface area contributed by atoms with Crippen molar-refractivity contribution >= 4 is 0 Å². The van der Waals surface area contributed by atoms with Crippen molar-refractivity contribution in [1.82, 2.24) is 0 Å². The van der Waals surface area contributed by atoms with E-state index in [-0.39, 0.29) is 5.48 Å². The molecule has 2 N–H and O–H groups in total. The summed E-state index contributed by atoms with van der Waals surface area (Å²) in [5.41, 5.74) is 0. The van der Waals surface area contributed by atoms with E-state index in [0.29, 0.717) is 0 Å². The summed E-state index contributed by atoms with van der Waals surface area (Å²) in [5, 5.41) is 0. The number of rotatable bonds is 2. The molecule has 0 aromatic carbocycles. The quantitative estimate of drug-likeness (QED) is 0.521.